The Bertz CT molecular complexity index is 774. The molecule has 3 aromatic rings. The molecule has 1 N–H and O–H groups in total. The second kappa shape index (κ2) is 5.82. The highest BCUT2D eigenvalue weighted by molar-refractivity contribution is 9.10. The molecular weight excluding hydrogens is 326 g/mol. The summed E-state index contributed by atoms with van der Waals surface area (Å²) in [6, 6.07) is 14.6. The molecule has 0 saturated heterocycles. The Morgan fingerprint density at radius 1 is 1.05 bits per heavy atom. The van der Waals surface area contributed by atoms with Crippen LogP contribution in [0.15, 0.2) is 46.9 Å². The number of halogens is 1. The summed E-state index contributed by atoms with van der Waals surface area (Å²) in [6.07, 6.45) is 0.859. The van der Waals surface area contributed by atoms with Crippen molar-refractivity contribution in [2.75, 3.05) is 12.4 Å². The molecule has 0 unspecified atom stereocenters. The standard InChI is InChI=1S/C17H16BrN3/c1-3-14-15(18)17(19-2)21-16(20-14)13-9-8-11-6-4-5-7-12(11)10-13/h4-10H,3H2,1-2H3,(H,19,20,21). The van der Waals surface area contributed by atoms with Crippen molar-refractivity contribution in [2.24, 2.45) is 0 Å². The van der Waals surface area contributed by atoms with Gasteiger partial charge in [-0.1, -0.05) is 43.3 Å². The first kappa shape index (κ1) is 14.0. The van der Waals surface area contributed by atoms with E-state index in [1.165, 1.54) is 10.8 Å². The number of aryl methyl sites for hydroxylation is 1. The lowest BCUT2D eigenvalue weighted by Crippen LogP contribution is -2.02. The molecule has 0 fully saturated rings. The Morgan fingerprint density at radius 2 is 1.81 bits per heavy atom. The smallest absolute Gasteiger partial charge is 0.161 e. The van der Waals surface area contributed by atoms with Crippen molar-refractivity contribution in [3.63, 3.8) is 0 Å². The van der Waals surface area contributed by atoms with Gasteiger partial charge in [0.15, 0.2) is 5.82 Å². The Hall–Kier alpha value is -1.94. The Morgan fingerprint density at radius 3 is 2.52 bits per heavy atom. The Balaban J connectivity index is 2.17. The van der Waals surface area contributed by atoms with Crippen molar-refractivity contribution >= 4 is 32.5 Å². The number of benzene rings is 2. The third-order valence-corrected chi connectivity index (χ3v) is 4.33. The first-order valence-electron chi connectivity index (χ1n) is 6.96. The molecule has 0 bridgehead atoms. The van der Waals surface area contributed by atoms with Crippen LogP contribution in [-0.2, 0) is 6.42 Å². The number of aromatic nitrogens is 2. The molecule has 0 saturated carbocycles. The highest BCUT2D eigenvalue weighted by atomic mass is 79.9. The lowest BCUT2D eigenvalue weighted by Gasteiger charge is -2.10. The third-order valence-electron chi connectivity index (χ3n) is 3.50. The summed E-state index contributed by atoms with van der Waals surface area (Å²) in [6.45, 7) is 2.09. The van der Waals surface area contributed by atoms with E-state index in [0.717, 1.165) is 33.8 Å². The number of fused-ring (bicyclic) bond motifs is 1. The van der Waals surface area contributed by atoms with Crippen LogP contribution in [0.25, 0.3) is 22.2 Å². The molecular formula is C17H16BrN3. The zero-order chi connectivity index (χ0) is 14.8. The minimum Gasteiger partial charge on any atom is -0.372 e. The molecule has 0 amide bonds. The molecule has 21 heavy (non-hydrogen) atoms. The topological polar surface area (TPSA) is 37.8 Å². The minimum atomic E-state index is 0.755. The van der Waals surface area contributed by atoms with Crippen LogP contribution < -0.4 is 5.32 Å². The number of hydrogen-bond donors (Lipinski definition) is 1. The van der Waals surface area contributed by atoms with Gasteiger partial charge in [0.2, 0.25) is 0 Å². The van der Waals surface area contributed by atoms with E-state index in [4.69, 9.17) is 0 Å². The molecule has 0 aliphatic carbocycles. The molecule has 106 valence electrons. The first-order chi connectivity index (χ1) is 10.2. The van der Waals surface area contributed by atoms with E-state index in [1.54, 1.807) is 0 Å². The van der Waals surface area contributed by atoms with E-state index in [2.05, 4.69) is 68.5 Å². The lowest BCUT2D eigenvalue weighted by molar-refractivity contribution is 0.991. The number of nitrogens with one attached hydrogen (secondary N) is 1. The maximum atomic E-state index is 4.68. The molecule has 0 aliphatic rings. The fourth-order valence-corrected chi connectivity index (χ4v) is 3.01. The SMILES string of the molecule is CCc1nc(-c2ccc3ccccc3c2)nc(NC)c1Br. The summed E-state index contributed by atoms with van der Waals surface area (Å²) < 4.78 is 0.942. The lowest BCUT2D eigenvalue weighted by atomic mass is 10.1. The quantitative estimate of drug-likeness (QED) is 0.752. The number of nitrogens with zero attached hydrogens (tertiary/aromatic N) is 2. The van der Waals surface area contributed by atoms with Crippen LogP contribution >= 0.6 is 15.9 Å². The Labute approximate surface area is 132 Å². The van der Waals surface area contributed by atoms with Gasteiger partial charge in [-0.3, -0.25) is 0 Å². The average molecular weight is 342 g/mol. The van der Waals surface area contributed by atoms with E-state index in [1.807, 2.05) is 19.2 Å². The van der Waals surface area contributed by atoms with E-state index >= 15 is 0 Å². The van der Waals surface area contributed by atoms with E-state index in [0.29, 0.717) is 0 Å². The third kappa shape index (κ3) is 2.63. The van der Waals surface area contributed by atoms with Gasteiger partial charge in [0, 0.05) is 12.6 Å². The van der Waals surface area contributed by atoms with E-state index in [-0.39, 0.29) is 0 Å². The zero-order valence-electron chi connectivity index (χ0n) is 12.0. The van der Waals surface area contributed by atoms with Crippen LogP contribution in [0.3, 0.4) is 0 Å². The van der Waals surface area contributed by atoms with Crippen LogP contribution in [-0.4, -0.2) is 17.0 Å². The fourth-order valence-electron chi connectivity index (χ4n) is 2.35. The molecule has 4 heteroatoms. The van der Waals surface area contributed by atoms with Crippen molar-refractivity contribution < 1.29 is 0 Å². The van der Waals surface area contributed by atoms with Gasteiger partial charge in [0.25, 0.3) is 0 Å². The summed E-state index contributed by atoms with van der Waals surface area (Å²) in [5, 5.41) is 5.54. The van der Waals surface area contributed by atoms with Crippen LogP contribution in [0.4, 0.5) is 5.82 Å². The molecule has 0 aliphatic heterocycles. The highest BCUT2D eigenvalue weighted by Gasteiger charge is 2.11. The van der Waals surface area contributed by atoms with E-state index < -0.39 is 0 Å². The van der Waals surface area contributed by atoms with Gasteiger partial charge < -0.3 is 5.32 Å². The predicted molar refractivity (Wildman–Crippen MR) is 91.6 cm³/mol. The normalized spacial score (nSPS) is 10.8. The molecule has 1 heterocycles. The summed E-state index contributed by atoms with van der Waals surface area (Å²) in [5.41, 5.74) is 2.05. The van der Waals surface area contributed by atoms with Gasteiger partial charge in [-0.2, -0.15) is 0 Å². The van der Waals surface area contributed by atoms with Crippen molar-refractivity contribution in [3.05, 3.63) is 52.6 Å². The second-order valence-electron chi connectivity index (χ2n) is 4.82. The van der Waals surface area contributed by atoms with Crippen LogP contribution in [0.1, 0.15) is 12.6 Å². The van der Waals surface area contributed by atoms with Crippen LogP contribution in [0.2, 0.25) is 0 Å². The van der Waals surface area contributed by atoms with Crippen molar-refractivity contribution in [3.8, 4) is 11.4 Å². The summed E-state index contributed by atoms with van der Waals surface area (Å²) in [7, 11) is 1.87. The van der Waals surface area contributed by atoms with Gasteiger partial charge in [0.05, 0.1) is 10.2 Å². The zero-order valence-corrected chi connectivity index (χ0v) is 13.6. The van der Waals surface area contributed by atoms with Gasteiger partial charge in [0.1, 0.15) is 5.82 Å². The molecule has 3 rings (SSSR count). The second-order valence-corrected chi connectivity index (χ2v) is 5.61. The van der Waals surface area contributed by atoms with Gasteiger partial charge >= 0.3 is 0 Å². The van der Waals surface area contributed by atoms with Crippen LogP contribution in [0, 0.1) is 0 Å². The van der Waals surface area contributed by atoms with E-state index in [9.17, 15) is 0 Å². The van der Waals surface area contributed by atoms with Crippen LogP contribution in [0.5, 0.6) is 0 Å². The number of rotatable bonds is 3. The molecule has 3 nitrogen and oxygen atoms in total. The molecule has 1 aromatic heterocycles. The van der Waals surface area contributed by atoms with Crippen molar-refractivity contribution in [2.45, 2.75) is 13.3 Å². The van der Waals surface area contributed by atoms with Gasteiger partial charge in [-0.05, 0) is 39.2 Å². The Kier molecular flexibility index (Phi) is 3.88. The monoisotopic (exact) mass is 341 g/mol. The van der Waals surface area contributed by atoms with Crippen molar-refractivity contribution in [1.29, 1.82) is 0 Å². The minimum absolute atomic E-state index is 0.755. The largest absolute Gasteiger partial charge is 0.372 e. The molecule has 0 atom stereocenters. The van der Waals surface area contributed by atoms with Gasteiger partial charge in [-0.15, -0.1) is 0 Å². The fraction of sp³-hybridized carbons (Fsp3) is 0.176. The summed E-state index contributed by atoms with van der Waals surface area (Å²) in [5.74, 6) is 1.58. The van der Waals surface area contributed by atoms with Gasteiger partial charge in [-0.25, -0.2) is 9.97 Å². The molecule has 0 radical (unpaired) electrons. The molecule has 0 spiro atoms. The first-order valence-corrected chi connectivity index (χ1v) is 7.75. The molecule has 2 aromatic carbocycles. The maximum absolute atomic E-state index is 4.68. The predicted octanol–water partition coefficient (Wildman–Crippen LogP) is 4.66. The maximum Gasteiger partial charge on any atom is 0.161 e. The summed E-state index contributed by atoms with van der Waals surface area (Å²) in [4.78, 5) is 9.29. The highest BCUT2D eigenvalue weighted by Crippen LogP contribution is 2.28. The number of hydrogen-bond acceptors (Lipinski definition) is 3. The average Bonchev–Trinajstić information content (AvgIpc) is 2.54. The van der Waals surface area contributed by atoms with Crippen molar-refractivity contribution in [1.82, 2.24) is 9.97 Å². The summed E-state index contributed by atoms with van der Waals surface area (Å²) >= 11 is 3.56. The number of anilines is 1.